The average Bonchev–Trinajstić information content (AvgIpc) is 2.95. The Morgan fingerprint density at radius 3 is 2.83 bits per heavy atom. The lowest BCUT2D eigenvalue weighted by Crippen LogP contribution is -2.42. The summed E-state index contributed by atoms with van der Waals surface area (Å²) in [5.74, 6) is -0.113. The van der Waals surface area contributed by atoms with Crippen LogP contribution in [0.15, 0.2) is 30.3 Å². The molecule has 0 aromatic heterocycles. The predicted molar refractivity (Wildman–Crippen MR) is 88.2 cm³/mol. The van der Waals surface area contributed by atoms with E-state index in [1.807, 2.05) is 24.3 Å². The van der Waals surface area contributed by atoms with E-state index in [1.165, 1.54) is 18.1 Å². The van der Waals surface area contributed by atoms with Crippen LogP contribution in [0.3, 0.4) is 0 Å². The summed E-state index contributed by atoms with van der Waals surface area (Å²) in [4.78, 5) is 24.7. The zero-order valence-corrected chi connectivity index (χ0v) is 13.2. The smallest absolute Gasteiger partial charge is 0.414 e. The van der Waals surface area contributed by atoms with E-state index in [1.54, 1.807) is 4.90 Å². The van der Waals surface area contributed by atoms with Crippen molar-refractivity contribution in [3.63, 3.8) is 0 Å². The van der Waals surface area contributed by atoms with Gasteiger partial charge in [0.1, 0.15) is 6.61 Å². The molecule has 1 aromatic rings. The van der Waals surface area contributed by atoms with Gasteiger partial charge in [-0.2, -0.15) is 0 Å². The molecule has 2 aliphatic rings. The van der Waals surface area contributed by atoms with Crippen molar-refractivity contribution in [2.24, 2.45) is 0 Å². The molecule has 0 spiro atoms. The molecule has 6 nitrogen and oxygen atoms in total. The first kappa shape index (κ1) is 15.6. The van der Waals surface area contributed by atoms with Crippen LogP contribution in [0.5, 0.6) is 0 Å². The van der Waals surface area contributed by atoms with Gasteiger partial charge < -0.3 is 15.4 Å². The fourth-order valence-corrected chi connectivity index (χ4v) is 2.91. The Hall–Kier alpha value is -2.34. The Labute approximate surface area is 135 Å². The molecule has 2 amide bonds. The molecule has 0 aliphatic carbocycles. The number of nitrogens with one attached hydrogen (secondary N) is 2. The van der Waals surface area contributed by atoms with Crippen molar-refractivity contribution in [3.05, 3.63) is 35.9 Å². The molecule has 1 aromatic carbocycles. The monoisotopic (exact) mass is 315 g/mol. The third-order valence-electron chi connectivity index (χ3n) is 4.13. The molecule has 23 heavy (non-hydrogen) atoms. The van der Waals surface area contributed by atoms with E-state index in [4.69, 9.17) is 4.74 Å². The maximum Gasteiger partial charge on any atom is 0.414 e. The molecule has 2 heterocycles. The van der Waals surface area contributed by atoms with E-state index < -0.39 is 0 Å². The molecule has 3 rings (SSSR count). The second-order valence-electron chi connectivity index (χ2n) is 5.77. The van der Waals surface area contributed by atoms with E-state index in [0.717, 1.165) is 25.2 Å². The number of hydrogen-bond acceptors (Lipinski definition) is 4. The van der Waals surface area contributed by atoms with Crippen molar-refractivity contribution in [1.82, 2.24) is 10.6 Å². The van der Waals surface area contributed by atoms with Gasteiger partial charge in [0.25, 0.3) is 0 Å². The number of nitrogens with zero attached hydrogens (tertiary/aromatic N) is 1. The van der Waals surface area contributed by atoms with Crippen LogP contribution in [0.2, 0.25) is 0 Å². The molecule has 1 fully saturated rings. The highest BCUT2D eigenvalue weighted by molar-refractivity contribution is 5.90. The second-order valence-corrected chi connectivity index (χ2v) is 5.77. The van der Waals surface area contributed by atoms with Crippen molar-refractivity contribution in [2.75, 3.05) is 31.1 Å². The number of benzene rings is 1. The van der Waals surface area contributed by atoms with Gasteiger partial charge in [-0.3, -0.25) is 9.69 Å². The van der Waals surface area contributed by atoms with Crippen LogP contribution in [0.1, 0.15) is 18.9 Å². The minimum absolute atomic E-state index is 0.113. The molecule has 0 radical (unpaired) electrons. The molecule has 122 valence electrons. The van der Waals surface area contributed by atoms with Gasteiger partial charge in [-0.05, 0) is 36.2 Å². The Balaban J connectivity index is 1.75. The van der Waals surface area contributed by atoms with Crippen LogP contribution in [-0.2, 0) is 9.53 Å². The Bertz CT molecular complexity index is 624. The predicted octanol–water partition coefficient (Wildman–Crippen LogP) is 1.52. The summed E-state index contributed by atoms with van der Waals surface area (Å²) < 4.78 is 5.13. The quantitative estimate of drug-likeness (QED) is 0.884. The standard InChI is InChI=1S/C17H21N3O3/c1-12(21)19-10-16-11-23-17(22)20(16)15-4-2-13(3-5-15)14-6-8-18-9-7-14/h2-6,16,18H,7-11H2,1H3,(H,19,21)/t16-/m0/s1. The molecule has 1 saturated heterocycles. The van der Waals surface area contributed by atoms with Gasteiger partial charge in [-0.25, -0.2) is 4.79 Å². The Morgan fingerprint density at radius 1 is 1.39 bits per heavy atom. The van der Waals surface area contributed by atoms with E-state index >= 15 is 0 Å². The summed E-state index contributed by atoms with van der Waals surface area (Å²) in [5.41, 5.74) is 3.30. The van der Waals surface area contributed by atoms with E-state index in [2.05, 4.69) is 16.7 Å². The first-order chi connectivity index (χ1) is 11.1. The van der Waals surface area contributed by atoms with E-state index in [-0.39, 0.29) is 24.6 Å². The summed E-state index contributed by atoms with van der Waals surface area (Å²) >= 11 is 0. The summed E-state index contributed by atoms with van der Waals surface area (Å²) in [7, 11) is 0. The molecule has 6 heteroatoms. The van der Waals surface area contributed by atoms with Crippen LogP contribution in [0, 0.1) is 0 Å². The fourth-order valence-electron chi connectivity index (χ4n) is 2.91. The van der Waals surface area contributed by atoms with Gasteiger partial charge in [-0.1, -0.05) is 18.2 Å². The highest BCUT2D eigenvalue weighted by atomic mass is 16.6. The lowest BCUT2D eigenvalue weighted by atomic mass is 10.00. The topological polar surface area (TPSA) is 70.7 Å². The Morgan fingerprint density at radius 2 is 2.17 bits per heavy atom. The number of rotatable bonds is 4. The van der Waals surface area contributed by atoms with Gasteiger partial charge in [0.15, 0.2) is 0 Å². The minimum Gasteiger partial charge on any atom is -0.447 e. The van der Waals surface area contributed by atoms with Gasteiger partial charge in [0.2, 0.25) is 5.91 Å². The zero-order valence-electron chi connectivity index (χ0n) is 13.2. The van der Waals surface area contributed by atoms with Gasteiger partial charge >= 0.3 is 6.09 Å². The highest BCUT2D eigenvalue weighted by Crippen LogP contribution is 2.26. The van der Waals surface area contributed by atoms with Crippen LogP contribution >= 0.6 is 0 Å². The number of ether oxygens (including phenoxy) is 1. The number of carbonyl (C=O) groups is 2. The molecule has 2 aliphatic heterocycles. The van der Waals surface area contributed by atoms with Gasteiger partial charge in [-0.15, -0.1) is 0 Å². The number of carbonyl (C=O) groups excluding carboxylic acids is 2. The molecule has 1 atom stereocenters. The minimum atomic E-state index is -0.366. The van der Waals surface area contributed by atoms with Crippen molar-refractivity contribution in [1.29, 1.82) is 0 Å². The number of anilines is 1. The maximum absolute atomic E-state index is 12.0. The molecule has 2 N–H and O–H groups in total. The Kier molecular flexibility index (Phi) is 4.62. The van der Waals surface area contributed by atoms with Gasteiger partial charge in [0.05, 0.1) is 6.04 Å². The third-order valence-corrected chi connectivity index (χ3v) is 4.13. The number of hydrogen-bond donors (Lipinski definition) is 2. The third kappa shape index (κ3) is 3.53. The van der Waals surface area contributed by atoms with Crippen molar-refractivity contribution >= 4 is 23.3 Å². The first-order valence-electron chi connectivity index (χ1n) is 7.86. The fraction of sp³-hybridized carbons (Fsp3) is 0.412. The van der Waals surface area contributed by atoms with E-state index in [0.29, 0.717) is 6.54 Å². The second kappa shape index (κ2) is 6.83. The highest BCUT2D eigenvalue weighted by Gasteiger charge is 2.34. The summed E-state index contributed by atoms with van der Waals surface area (Å²) in [6.45, 7) is 4.03. The van der Waals surface area contributed by atoms with Gasteiger partial charge in [0, 0.05) is 25.7 Å². The molecular weight excluding hydrogens is 294 g/mol. The zero-order chi connectivity index (χ0) is 16.2. The molecule has 0 saturated carbocycles. The molecule has 0 unspecified atom stereocenters. The van der Waals surface area contributed by atoms with Crippen LogP contribution in [0.4, 0.5) is 10.5 Å². The summed E-state index contributed by atoms with van der Waals surface area (Å²) in [6.07, 6.45) is 2.84. The van der Waals surface area contributed by atoms with Crippen LogP contribution in [0.25, 0.3) is 5.57 Å². The normalized spacial score (nSPS) is 20.9. The summed E-state index contributed by atoms with van der Waals surface area (Å²) in [5, 5.41) is 6.04. The maximum atomic E-state index is 12.0. The van der Waals surface area contributed by atoms with Crippen molar-refractivity contribution in [3.8, 4) is 0 Å². The summed E-state index contributed by atoms with van der Waals surface area (Å²) in [6, 6.07) is 7.77. The van der Waals surface area contributed by atoms with E-state index in [9.17, 15) is 9.59 Å². The number of cyclic esters (lactones) is 1. The molecular formula is C17H21N3O3. The van der Waals surface area contributed by atoms with Crippen LogP contribution < -0.4 is 15.5 Å². The van der Waals surface area contributed by atoms with Crippen LogP contribution in [-0.4, -0.2) is 44.3 Å². The number of amides is 2. The first-order valence-corrected chi connectivity index (χ1v) is 7.86. The van der Waals surface area contributed by atoms with Crippen molar-refractivity contribution in [2.45, 2.75) is 19.4 Å². The average molecular weight is 315 g/mol. The van der Waals surface area contributed by atoms with Crippen molar-refractivity contribution < 1.29 is 14.3 Å². The SMILES string of the molecule is CC(=O)NC[C@H]1COC(=O)N1c1ccc(C2=CCNCC2)cc1. The lowest BCUT2D eigenvalue weighted by molar-refractivity contribution is -0.119. The molecule has 0 bridgehead atoms. The lowest BCUT2D eigenvalue weighted by Gasteiger charge is -2.22. The largest absolute Gasteiger partial charge is 0.447 e.